The number of nitrogens with two attached hydrogens (primary N) is 1. The molecule has 1 heterocycles. The van der Waals surface area contributed by atoms with Crippen molar-refractivity contribution < 1.29 is 4.74 Å². The first-order chi connectivity index (χ1) is 10.3. The van der Waals surface area contributed by atoms with Crippen molar-refractivity contribution in [2.75, 3.05) is 5.84 Å². The van der Waals surface area contributed by atoms with Crippen molar-refractivity contribution in [3.05, 3.63) is 66.4 Å². The first-order valence-corrected chi connectivity index (χ1v) is 6.34. The average Bonchev–Trinajstić information content (AvgIpc) is 2.90. The summed E-state index contributed by atoms with van der Waals surface area (Å²) in [7, 11) is 0. The predicted octanol–water partition coefficient (Wildman–Crippen LogP) is 2.93. The van der Waals surface area contributed by atoms with Crippen molar-refractivity contribution in [1.82, 2.24) is 9.89 Å². The molecule has 0 amide bonds. The number of nitrogens with zero attached hydrogens (tertiary/aromatic N) is 3. The van der Waals surface area contributed by atoms with Crippen LogP contribution in [0.3, 0.4) is 0 Å². The molecule has 2 N–H and O–H groups in total. The fraction of sp³-hybridized carbons (Fsp3) is 0. The van der Waals surface area contributed by atoms with Gasteiger partial charge in [0.25, 0.3) is 0 Å². The van der Waals surface area contributed by atoms with Gasteiger partial charge >= 0.3 is 0 Å². The van der Waals surface area contributed by atoms with Crippen LogP contribution in [0.2, 0.25) is 0 Å². The summed E-state index contributed by atoms with van der Waals surface area (Å²) in [5, 5.41) is 13.0. The SMILES string of the molecule is N#Cc1cnn(N)c1-c1ccc(Oc2ccccc2)cc1. The van der Waals surface area contributed by atoms with Gasteiger partial charge in [-0.2, -0.15) is 15.2 Å². The number of hydrogen-bond donors (Lipinski definition) is 1. The van der Waals surface area contributed by atoms with E-state index < -0.39 is 0 Å². The summed E-state index contributed by atoms with van der Waals surface area (Å²) in [6.45, 7) is 0. The fourth-order valence-corrected chi connectivity index (χ4v) is 2.04. The lowest BCUT2D eigenvalue weighted by Crippen LogP contribution is -2.11. The minimum atomic E-state index is 0.439. The van der Waals surface area contributed by atoms with Gasteiger partial charge in [-0.3, -0.25) is 0 Å². The van der Waals surface area contributed by atoms with E-state index in [9.17, 15) is 0 Å². The molecule has 102 valence electrons. The van der Waals surface area contributed by atoms with Gasteiger partial charge in [0.2, 0.25) is 0 Å². The molecule has 0 fully saturated rings. The Balaban J connectivity index is 1.88. The summed E-state index contributed by atoms with van der Waals surface area (Å²) < 4.78 is 5.72. The second-order valence-electron chi connectivity index (χ2n) is 4.40. The van der Waals surface area contributed by atoms with Crippen molar-refractivity contribution >= 4 is 0 Å². The Hall–Kier alpha value is -3.26. The smallest absolute Gasteiger partial charge is 0.127 e. The third-order valence-corrected chi connectivity index (χ3v) is 3.02. The lowest BCUT2D eigenvalue weighted by molar-refractivity contribution is 0.483. The minimum absolute atomic E-state index is 0.439. The molecule has 0 saturated heterocycles. The van der Waals surface area contributed by atoms with E-state index in [1.54, 1.807) is 0 Å². The lowest BCUT2D eigenvalue weighted by atomic mass is 10.1. The topological polar surface area (TPSA) is 76.9 Å². The molecule has 0 saturated carbocycles. The fourth-order valence-electron chi connectivity index (χ4n) is 2.04. The number of rotatable bonds is 3. The maximum absolute atomic E-state index is 9.06. The number of para-hydroxylation sites is 1. The van der Waals surface area contributed by atoms with Gasteiger partial charge in [0.05, 0.1) is 6.20 Å². The van der Waals surface area contributed by atoms with Gasteiger partial charge in [-0.1, -0.05) is 18.2 Å². The summed E-state index contributed by atoms with van der Waals surface area (Å²) >= 11 is 0. The van der Waals surface area contributed by atoms with E-state index in [2.05, 4.69) is 11.2 Å². The minimum Gasteiger partial charge on any atom is -0.457 e. The van der Waals surface area contributed by atoms with Gasteiger partial charge in [-0.15, -0.1) is 0 Å². The Bertz CT molecular complexity index is 785. The Labute approximate surface area is 121 Å². The Morgan fingerprint density at radius 3 is 2.33 bits per heavy atom. The monoisotopic (exact) mass is 276 g/mol. The zero-order valence-corrected chi connectivity index (χ0v) is 11.1. The van der Waals surface area contributed by atoms with Gasteiger partial charge in [0, 0.05) is 5.56 Å². The first kappa shape index (κ1) is 12.8. The highest BCUT2D eigenvalue weighted by molar-refractivity contribution is 5.67. The highest BCUT2D eigenvalue weighted by atomic mass is 16.5. The maximum Gasteiger partial charge on any atom is 0.127 e. The molecule has 0 unspecified atom stereocenters. The van der Waals surface area contributed by atoms with Crippen LogP contribution in [-0.4, -0.2) is 9.89 Å². The van der Waals surface area contributed by atoms with Crippen molar-refractivity contribution in [2.45, 2.75) is 0 Å². The van der Waals surface area contributed by atoms with Crippen molar-refractivity contribution in [3.8, 4) is 28.8 Å². The largest absolute Gasteiger partial charge is 0.457 e. The molecule has 3 rings (SSSR count). The zero-order valence-electron chi connectivity index (χ0n) is 11.1. The van der Waals surface area contributed by atoms with Gasteiger partial charge < -0.3 is 10.6 Å². The van der Waals surface area contributed by atoms with Crippen molar-refractivity contribution in [3.63, 3.8) is 0 Å². The molecule has 5 heteroatoms. The highest BCUT2D eigenvalue weighted by Crippen LogP contribution is 2.26. The van der Waals surface area contributed by atoms with Gasteiger partial charge in [-0.25, -0.2) is 0 Å². The number of ether oxygens (including phenoxy) is 1. The summed E-state index contributed by atoms with van der Waals surface area (Å²) in [4.78, 5) is 1.20. The second kappa shape index (κ2) is 5.39. The molecular weight excluding hydrogens is 264 g/mol. The second-order valence-corrected chi connectivity index (χ2v) is 4.40. The van der Waals surface area contributed by atoms with Crippen LogP contribution in [0.5, 0.6) is 11.5 Å². The lowest BCUT2D eigenvalue weighted by Gasteiger charge is -2.07. The van der Waals surface area contributed by atoms with Crippen LogP contribution in [0.1, 0.15) is 5.56 Å². The quantitative estimate of drug-likeness (QED) is 0.746. The van der Waals surface area contributed by atoms with Crippen LogP contribution >= 0.6 is 0 Å². The van der Waals surface area contributed by atoms with E-state index in [-0.39, 0.29) is 0 Å². The summed E-state index contributed by atoms with van der Waals surface area (Å²) in [5.74, 6) is 7.22. The molecule has 1 aromatic heterocycles. The van der Waals surface area contributed by atoms with E-state index in [4.69, 9.17) is 15.8 Å². The molecule has 0 atom stereocenters. The average molecular weight is 276 g/mol. The van der Waals surface area contributed by atoms with E-state index in [1.807, 2.05) is 54.6 Å². The molecule has 0 aliphatic rings. The Morgan fingerprint density at radius 1 is 1.00 bits per heavy atom. The van der Waals surface area contributed by atoms with E-state index in [0.717, 1.165) is 11.3 Å². The number of nitriles is 1. The molecular formula is C16H12N4O. The van der Waals surface area contributed by atoms with Crippen LogP contribution < -0.4 is 10.6 Å². The number of benzene rings is 2. The Kier molecular flexibility index (Phi) is 3.27. The van der Waals surface area contributed by atoms with Crippen LogP contribution in [0.15, 0.2) is 60.8 Å². The van der Waals surface area contributed by atoms with E-state index >= 15 is 0 Å². The van der Waals surface area contributed by atoms with Crippen LogP contribution in [0.4, 0.5) is 0 Å². The molecule has 0 aliphatic carbocycles. The molecule has 5 nitrogen and oxygen atoms in total. The van der Waals surface area contributed by atoms with Gasteiger partial charge in [0.15, 0.2) is 0 Å². The Morgan fingerprint density at radius 2 is 1.67 bits per heavy atom. The standard InChI is InChI=1S/C16H12N4O/c17-10-13-11-19-20(18)16(13)12-6-8-15(9-7-12)21-14-4-2-1-3-5-14/h1-9,11H,18H2. The zero-order chi connectivity index (χ0) is 14.7. The molecule has 0 aliphatic heterocycles. The molecule has 0 radical (unpaired) electrons. The van der Waals surface area contributed by atoms with E-state index in [1.165, 1.54) is 11.0 Å². The van der Waals surface area contributed by atoms with Crippen LogP contribution in [0, 0.1) is 11.3 Å². The summed E-state index contributed by atoms with van der Waals surface area (Å²) in [6.07, 6.45) is 1.45. The summed E-state index contributed by atoms with van der Waals surface area (Å²) in [5.41, 5.74) is 1.84. The number of aromatic nitrogens is 2. The van der Waals surface area contributed by atoms with Gasteiger partial charge in [0.1, 0.15) is 28.8 Å². The van der Waals surface area contributed by atoms with Crippen molar-refractivity contribution in [2.24, 2.45) is 0 Å². The maximum atomic E-state index is 9.06. The third-order valence-electron chi connectivity index (χ3n) is 3.02. The molecule has 0 spiro atoms. The van der Waals surface area contributed by atoms with Gasteiger partial charge in [-0.05, 0) is 36.4 Å². The molecule has 2 aromatic carbocycles. The predicted molar refractivity (Wildman–Crippen MR) is 79.0 cm³/mol. The van der Waals surface area contributed by atoms with Crippen LogP contribution in [0.25, 0.3) is 11.3 Å². The summed E-state index contributed by atoms with van der Waals surface area (Å²) in [6, 6.07) is 19.0. The highest BCUT2D eigenvalue weighted by Gasteiger charge is 2.11. The number of hydrogen-bond acceptors (Lipinski definition) is 4. The van der Waals surface area contributed by atoms with E-state index in [0.29, 0.717) is 17.0 Å². The first-order valence-electron chi connectivity index (χ1n) is 6.34. The molecule has 0 bridgehead atoms. The molecule has 3 aromatic rings. The molecule has 21 heavy (non-hydrogen) atoms. The normalized spacial score (nSPS) is 10.0. The number of nitrogen functional groups attached to an aromatic ring is 1. The third kappa shape index (κ3) is 2.55. The van der Waals surface area contributed by atoms with Crippen molar-refractivity contribution in [1.29, 1.82) is 5.26 Å². The van der Waals surface area contributed by atoms with Crippen LogP contribution in [-0.2, 0) is 0 Å².